The Hall–Kier alpha value is -5.46. The predicted octanol–water partition coefficient (Wildman–Crippen LogP) is 5.25. The van der Waals surface area contributed by atoms with Crippen LogP contribution in [0.2, 0.25) is 0 Å². The number of nitrogens with one attached hydrogen (secondary N) is 3. The van der Waals surface area contributed by atoms with Crippen molar-refractivity contribution in [1.29, 1.82) is 0 Å². The first kappa shape index (κ1) is 32.5. The molecule has 234 valence electrons. The molecule has 3 aromatic heterocycles. The molecule has 0 unspecified atom stereocenters. The molecule has 9 N–H and O–H groups in total. The van der Waals surface area contributed by atoms with Gasteiger partial charge in [-0.1, -0.05) is 30.3 Å². The number of hydrogen-bond donors (Lipinski definition) is 7. The van der Waals surface area contributed by atoms with Crippen molar-refractivity contribution >= 4 is 50.3 Å². The average molecular weight is 613 g/mol. The number of nitro groups is 1. The van der Waals surface area contributed by atoms with Crippen molar-refractivity contribution in [2.45, 2.75) is 45.7 Å². The zero-order valence-corrected chi connectivity index (χ0v) is 25.1. The van der Waals surface area contributed by atoms with E-state index in [2.05, 4.69) is 46.1 Å². The number of non-ortho nitro benzene ring substituents is 1. The number of H-pyrrole nitrogens is 3. The topological polar surface area (TPSA) is 217 Å². The van der Waals surface area contributed by atoms with E-state index in [0.29, 0.717) is 22.9 Å². The summed E-state index contributed by atoms with van der Waals surface area (Å²) in [4.78, 5) is 41.1. The lowest BCUT2D eigenvalue weighted by Crippen LogP contribution is -2.32. The van der Waals surface area contributed by atoms with E-state index in [-0.39, 0.29) is 12.1 Å². The van der Waals surface area contributed by atoms with Gasteiger partial charge in [0.25, 0.3) is 5.69 Å². The molecule has 6 rings (SSSR count). The first-order chi connectivity index (χ1) is 21.4. The standard InChI is InChI=1S/C12H13N3O4.C12H14N2O2.C9H9N/c1-6-2-3-9(15(18)19)11-10(6)7(5-14-11)4-8(13)12(16)17;1-7-3-2-4-10-11(7)8(6-14-10)5-9(13)12(15)16;1-7-3-2-4-9-8(7)5-6-10-9/h2-3,5,8,14H,4,13H2,1H3,(H,16,17);2-4,6,9,14H,5,13H2,1H3,(H,15,16);2-6,10H,1H3/t8-;9-;/m00./s1. The van der Waals surface area contributed by atoms with Gasteiger partial charge in [-0.2, -0.15) is 0 Å². The lowest BCUT2D eigenvalue weighted by molar-refractivity contribution is -0.383. The van der Waals surface area contributed by atoms with Crippen LogP contribution in [0.1, 0.15) is 27.8 Å². The highest BCUT2D eigenvalue weighted by Crippen LogP contribution is 2.30. The van der Waals surface area contributed by atoms with Gasteiger partial charge in [0.2, 0.25) is 0 Å². The Kier molecular flexibility index (Phi) is 10.0. The molecule has 0 saturated carbocycles. The molecule has 3 aromatic carbocycles. The van der Waals surface area contributed by atoms with Crippen molar-refractivity contribution in [3.63, 3.8) is 0 Å². The number of hydrogen-bond acceptors (Lipinski definition) is 6. The molecule has 3 heterocycles. The molecule has 0 amide bonds. The molecule has 0 aliphatic carbocycles. The van der Waals surface area contributed by atoms with Gasteiger partial charge in [-0.25, -0.2) is 0 Å². The van der Waals surface area contributed by atoms with E-state index in [0.717, 1.165) is 27.6 Å². The maximum absolute atomic E-state index is 10.9. The summed E-state index contributed by atoms with van der Waals surface area (Å²) in [6, 6.07) is 15.5. The van der Waals surface area contributed by atoms with Gasteiger partial charge in [-0.05, 0) is 66.8 Å². The fourth-order valence-corrected chi connectivity index (χ4v) is 5.30. The Morgan fingerprint density at radius 2 is 1.31 bits per heavy atom. The number of nitro benzene ring substituents is 1. The Morgan fingerprint density at radius 3 is 1.91 bits per heavy atom. The van der Waals surface area contributed by atoms with Crippen LogP contribution in [0.4, 0.5) is 5.69 Å². The van der Waals surface area contributed by atoms with Crippen LogP contribution >= 0.6 is 0 Å². The highest BCUT2D eigenvalue weighted by Gasteiger charge is 2.20. The molecule has 0 spiro atoms. The van der Waals surface area contributed by atoms with Gasteiger partial charge in [-0.3, -0.25) is 19.7 Å². The van der Waals surface area contributed by atoms with E-state index in [4.69, 9.17) is 21.7 Å². The van der Waals surface area contributed by atoms with E-state index >= 15 is 0 Å². The second-order valence-electron chi connectivity index (χ2n) is 10.8. The number of aromatic nitrogens is 3. The van der Waals surface area contributed by atoms with Crippen LogP contribution in [0.25, 0.3) is 32.7 Å². The number of nitrogens with two attached hydrogens (primary N) is 2. The monoisotopic (exact) mass is 612 g/mol. The third kappa shape index (κ3) is 7.37. The summed E-state index contributed by atoms with van der Waals surface area (Å²) in [7, 11) is 0. The summed E-state index contributed by atoms with van der Waals surface area (Å²) >= 11 is 0. The lowest BCUT2D eigenvalue weighted by atomic mass is 10.0. The fourth-order valence-electron chi connectivity index (χ4n) is 5.30. The number of aryl methyl sites for hydroxylation is 3. The van der Waals surface area contributed by atoms with Gasteiger partial charge >= 0.3 is 11.9 Å². The largest absolute Gasteiger partial charge is 0.480 e. The normalized spacial score (nSPS) is 12.2. The molecule has 0 fully saturated rings. The minimum Gasteiger partial charge on any atom is -0.480 e. The number of rotatable bonds is 7. The SMILES string of the molecule is Cc1ccc([N+](=O)[O-])c2[nH]cc(C[C@H](N)C(=O)O)c12.Cc1cccc2[nH]cc(C[C@H](N)C(=O)O)c12.Cc1cccc2[nH]ccc12. The Bertz CT molecular complexity index is 1990. The Labute approximate surface area is 258 Å². The molecule has 0 aliphatic heterocycles. The third-order valence-electron chi connectivity index (χ3n) is 7.62. The first-order valence-corrected chi connectivity index (χ1v) is 14.2. The molecule has 12 nitrogen and oxygen atoms in total. The number of carboxylic acids is 2. The van der Waals surface area contributed by atoms with Gasteiger partial charge in [0.15, 0.2) is 0 Å². The van der Waals surface area contributed by atoms with Gasteiger partial charge in [0.1, 0.15) is 17.6 Å². The van der Waals surface area contributed by atoms with Crippen LogP contribution in [0.15, 0.2) is 73.2 Å². The number of benzene rings is 3. The van der Waals surface area contributed by atoms with Crippen LogP contribution in [-0.4, -0.2) is 54.1 Å². The second-order valence-corrected chi connectivity index (χ2v) is 10.8. The minimum atomic E-state index is -1.10. The van der Waals surface area contributed by atoms with Crippen molar-refractivity contribution in [2.24, 2.45) is 11.5 Å². The molecule has 0 saturated heterocycles. The van der Waals surface area contributed by atoms with Crippen molar-refractivity contribution in [3.05, 3.63) is 111 Å². The maximum Gasteiger partial charge on any atom is 0.320 e. The number of carbonyl (C=O) groups is 2. The Balaban J connectivity index is 0.000000160. The fraction of sp³-hybridized carbons (Fsp3) is 0.212. The van der Waals surface area contributed by atoms with E-state index in [1.54, 1.807) is 12.3 Å². The number of fused-ring (bicyclic) bond motifs is 3. The van der Waals surface area contributed by atoms with E-state index in [9.17, 15) is 19.7 Å². The van der Waals surface area contributed by atoms with E-state index in [1.807, 2.05) is 44.4 Å². The van der Waals surface area contributed by atoms with Crippen LogP contribution in [0.5, 0.6) is 0 Å². The highest BCUT2D eigenvalue weighted by atomic mass is 16.6. The summed E-state index contributed by atoms with van der Waals surface area (Å²) in [5, 5.41) is 31.6. The Morgan fingerprint density at radius 1 is 0.756 bits per heavy atom. The number of aromatic amines is 3. The van der Waals surface area contributed by atoms with Gasteiger partial charge in [0.05, 0.1) is 4.92 Å². The summed E-state index contributed by atoms with van der Waals surface area (Å²) in [6.45, 7) is 5.94. The van der Waals surface area contributed by atoms with Crippen molar-refractivity contribution in [2.75, 3.05) is 0 Å². The number of carboxylic acid groups (broad SMARTS) is 2. The second kappa shape index (κ2) is 13.9. The average Bonchev–Trinajstić information content (AvgIpc) is 3.74. The minimum absolute atomic E-state index is 0.0317. The molecular formula is C33H36N6O6. The molecule has 12 heteroatoms. The van der Waals surface area contributed by atoms with Crippen molar-refractivity contribution < 1.29 is 24.7 Å². The molecule has 6 aromatic rings. The van der Waals surface area contributed by atoms with Gasteiger partial charge in [-0.15, -0.1) is 0 Å². The summed E-state index contributed by atoms with van der Waals surface area (Å²) < 4.78 is 0. The van der Waals surface area contributed by atoms with Crippen molar-refractivity contribution in [1.82, 2.24) is 15.0 Å². The number of nitrogens with zero attached hydrogens (tertiary/aromatic N) is 1. The maximum atomic E-state index is 10.9. The number of aliphatic carboxylic acids is 2. The molecular weight excluding hydrogens is 576 g/mol. The van der Waals surface area contributed by atoms with E-state index < -0.39 is 28.9 Å². The first-order valence-electron chi connectivity index (χ1n) is 14.2. The predicted molar refractivity (Wildman–Crippen MR) is 174 cm³/mol. The smallest absolute Gasteiger partial charge is 0.320 e. The molecule has 0 bridgehead atoms. The quantitative estimate of drug-likeness (QED) is 0.0931. The van der Waals surface area contributed by atoms with Crippen molar-refractivity contribution in [3.8, 4) is 0 Å². The van der Waals surface area contributed by atoms with Gasteiger partial charge in [0, 0.05) is 64.7 Å². The zero-order chi connectivity index (χ0) is 32.8. The van der Waals surface area contributed by atoms with Crippen LogP contribution in [0, 0.1) is 30.9 Å². The van der Waals surface area contributed by atoms with Crippen LogP contribution in [-0.2, 0) is 22.4 Å². The summed E-state index contributed by atoms with van der Waals surface area (Å²) in [5.74, 6) is -2.07. The molecule has 45 heavy (non-hydrogen) atoms. The summed E-state index contributed by atoms with van der Waals surface area (Å²) in [6.07, 6.45) is 5.85. The summed E-state index contributed by atoms with van der Waals surface area (Å²) in [5.41, 5.74) is 18.6. The molecule has 0 radical (unpaired) electrons. The molecule has 2 atom stereocenters. The highest BCUT2D eigenvalue weighted by molar-refractivity contribution is 5.93. The lowest BCUT2D eigenvalue weighted by Gasteiger charge is -2.06. The van der Waals surface area contributed by atoms with Crippen LogP contribution < -0.4 is 11.5 Å². The van der Waals surface area contributed by atoms with Crippen LogP contribution in [0.3, 0.4) is 0 Å². The molecule has 0 aliphatic rings. The third-order valence-corrected chi connectivity index (χ3v) is 7.62. The zero-order valence-electron chi connectivity index (χ0n) is 25.1. The van der Waals surface area contributed by atoms with E-state index in [1.165, 1.54) is 22.5 Å². The van der Waals surface area contributed by atoms with Gasteiger partial charge < -0.3 is 36.6 Å².